The van der Waals surface area contributed by atoms with E-state index in [2.05, 4.69) is 10.1 Å². The molecule has 0 saturated carbocycles. The molecule has 0 heterocycles. The minimum atomic E-state index is -0.805. The van der Waals surface area contributed by atoms with Crippen molar-refractivity contribution < 1.29 is 23.9 Å². The van der Waals surface area contributed by atoms with Gasteiger partial charge in [-0.25, -0.2) is 9.59 Å². The number of ether oxygens (including phenoxy) is 2. The average molecular weight is 376 g/mol. The lowest BCUT2D eigenvalue weighted by Crippen LogP contribution is -2.47. The summed E-state index contributed by atoms with van der Waals surface area (Å²) < 4.78 is 9.57. The minimum Gasteiger partial charge on any atom is -0.467 e. The Labute approximate surface area is 150 Å². The van der Waals surface area contributed by atoms with Gasteiger partial charge in [-0.2, -0.15) is 0 Å². The zero-order chi connectivity index (χ0) is 18.3. The molecular formula is C16H19Cl2NO5. The van der Waals surface area contributed by atoms with Gasteiger partial charge in [-0.1, -0.05) is 49.5 Å². The molecule has 132 valence electrons. The van der Waals surface area contributed by atoms with Crippen LogP contribution in [0.2, 0.25) is 10.0 Å². The van der Waals surface area contributed by atoms with Crippen molar-refractivity contribution in [3.63, 3.8) is 0 Å². The maximum atomic E-state index is 12.0. The summed E-state index contributed by atoms with van der Waals surface area (Å²) in [6.45, 7) is 3.14. The highest BCUT2D eigenvalue weighted by atomic mass is 35.5. The quantitative estimate of drug-likeness (QED) is 0.740. The van der Waals surface area contributed by atoms with E-state index in [1.54, 1.807) is 13.0 Å². The van der Waals surface area contributed by atoms with Crippen molar-refractivity contribution in [2.24, 2.45) is 5.92 Å². The molecule has 1 amide bonds. The van der Waals surface area contributed by atoms with Gasteiger partial charge < -0.3 is 14.8 Å². The number of rotatable bonds is 7. The minimum absolute atomic E-state index is 0.0524. The predicted octanol–water partition coefficient (Wildman–Crippen LogP) is 2.85. The lowest BCUT2D eigenvalue weighted by atomic mass is 9.99. The molecule has 2 atom stereocenters. The number of carbonyl (C=O) groups is 3. The molecule has 0 bridgehead atoms. The molecule has 0 aromatic heterocycles. The molecule has 1 rings (SSSR count). The van der Waals surface area contributed by atoms with Gasteiger partial charge in [0.05, 0.1) is 22.7 Å². The molecule has 6 nitrogen and oxygen atoms in total. The summed E-state index contributed by atoms with van der Waals surface area (Å²) in [5.41, 5.74) is 0.0587. The van der Waals surface area contributed by atoms with Crippen molar-refractivity contribution in [2.45, 2.75) is 26.3 Å². The van der Waals surface area contributed by atoms with Crippen molar-refractivity contribution in [1.82, 2.24) is 5.32 Å². The van der Waals surface area contributed by atoms with Gasteiger partial charge in [0, 0.05) is 0 Å². The lowest BCUT2D eigenvalue weighted by molar-refractivity contribution is -0.147. The second-order valence-corrected chi connectivity index (χ2v) is 5.92. The molecule has 0 fully saturated rings. The number of hydrogen-bond acceptors (Lipinski definition) is 5. The molecule has 1 N–H and O–H groups in total. The standard InChI is InChI=1S/C16H19Cl2NO5/c1-4-9(2)14(16(22)23-3)19-12(20)8-24-15(21)10-6-5-7-11(17)13(10)18/h5-7,9,14H,4,8H2,1-3H3,(H,19,20)/t9-,14-/m0/s1. The van der Waals surface area contributed by atoms with Gasteiger partial charge >= 0.3 is 11.9 Å². The summed E-state index contributed by atoms with van der Waals surface area (Å²) in [5.74, 6) is -2.07. The number of amides is 1. The molecular weight excluding hydrogens is 357 g/mol. The first-order valence-electron chi connectivity index (χ1n) is 7.30. The normalized spacial score (nSPS) is 12.9. The monoisotopic (exact) mass is 375 g/mol. The van der Waals surface area contributed by atoms with Crippen LogP contribution in [0.4, 0.5) is 0 Å². The highest BCUT2D eigenvalue weighted by molar-refractivity contribution is 6.43. The average Bonchev–Trinajstić information content (AvgIpc) is 2.58. The van der Waals surface area contributed by atoms with Crippen LogP contribution in [0.1, 0.15) is 30.6 Å². The highest BCUT2D eigenvalue weighted by Gasteiger charge is 2.27. The molecule has 1 aromatic carbocycles. The zero-order valence-electron chi connectivity index (χ0n) is 13.6. The first-order valence-corrected chi connectivity index (χ1v) is 8.05. The number of hydrogen-bond donors (Lipinski definition) is 1. The van der Waals surface area contributed by atoms with Crippen LogP contribution in [0.3, 0.4) is 0 Å². The second kappa shape index (κ2) is 9.49. The van der Waals surface area contributed by atoms with Gasteiger partial charge in [0.2, 0.25) is 0 Å². The molecule has 0 radical (unpaired) electrons. The van der Waals surface area contributed by atoms with Gasteiger partial charge in [0.25, 0.3) is 5.91 Å². The van der Waals surface area contributed by atoms with Crippen LogP contribution in [-0.4, -0.2) is 37.6 Å². The smallest absolute Gasteiger partial charge is 0.340 e. The van der Waals surface area contributed by atoms with E-state index in [-0.39, 0.29) is 21.5 Å². The fourth-order valence-electron chi connectivity index (χ4n) is 1.88. The molecule has 0 aliphatic heterocycles. The van der Waals surface area contributed by atoms with Crippen LogP contribution >= 0.6 is 23.2 Å². The van der Waals surface area contributed by atoms with E-state index in [0.717, 1.165) is 0 Å². The summed E-state index contributed by atoms with van der Waals surface area (Å²) in [7, 11) is 1.24. The van der Waals surface area contributed by atoms with E-state index in [0.29, 0.717) is 6.42 Å². The van der Waals surface area contributed by atoms with Crippen molar-refractivity contribution in [1.29, 1.82) is 0 Å². The van der Waals surface area contributed by atoms with Crippen molar-refractivity contribution in [3.05, 3.63) is 33.8 Å². The SMILES string of the molecule is CC[C@H](C)[C@H](NC(=O)COC(=O)c1cccc(Cl)c1Cl)C(=O)OC. The fraction of sp³-hybridized carbons (Fsp3) is 0.438. The van der Waals surface area contributed by atoms with Gasteiger partial charge in [-0.05, 0) is 18.1 Å². The Bertz CT molecular complexity index is 620. The van der Waals surface area contributed by atoms with Crippen LogP contribution in [0.25, 0.3) is 0 Å². The second-order valence-electron chi connectivity index (χ2n) is 5.13. The van der Waals surface area contributed by atoms with E-state index in [1.807, 2.05) is 6.92 Å². The Morgan fingerprint density at radius 2 is 1.92 bits per heavy atom. The number of nitrogens with one attached hydrogen (secondary N) is 1. The van der Waals surface area contributed by atoms with Crippen LogP contribution in [-0.2, 0) is 19.1 Å². The van der Waals surface area contributed by atoms with Crippen molar-refractivity contribution in [2.75, 3.05) is 13.7 Å². The van der Waals surface area contributed by atoms with Crippen LogP contribution < -0.4 is 5.32 Å². The lowest BCUT2D eigenvalue weighted by Gasteiger charge is -2.21. The summed E-state index contributed by atoms with van der Waals surface area (Å²) >= 11 is 11.7. The number of methoxy groups -OCH3 is 1. The Morgan fingerprint density at radius 1 is 1.25 bits per heavy atom. The summed E-state index contributed by atoms with van der Waals surface area (Å²) in [6.07, 6.45) is 0.665. The van der Waals surface area contributed by atoms with E-state index in [4.69, 9.17) is 27.9 Å². The van der Waals surface area contributed by atoms with Gasteiger partial charge in [0.1, 0.15) is 6.04 Å². The molecule has 0 aliphatic carbocycles. The third-order valence-electron chi connectivity index (χ3n) is 3.49. The third kappa shape index (κ3) is 5.39. The van der Waals surface area contributed by atoms with E-state index in [9.17, 15) is 14.4 Å². The topological polar surface area (TPSA) is 81.7 Å². The van der Waals surface area contributed by atoms with Gasteiger partial charge in [-0.15, -0.1) is 0 Å². The Hall–Kier alpha value is -1.79. The maximum Gasteiger partial charge on any atom is 0.340 e. The summed E-state index contributed by atoms with van der Waals surface area (Å²) in [4.78, 5) is 35.6. The van der Waals surface area contributed by atoms with Gasteiger partial charge in [-0.3, -0.25) is 4.79 Å². The zero-order valence-corrected chi connectivity index (χ0v) is 15.1. The highest BCUT2D eigenvalue weighted by Crippen LogP contribution is 2.25. The van der Waals surface area contributed by atoms with Crippen LogP contribution in [0.15, 0.2) is 18.2 Å². The maximum absolute atomic E-state index is 12.0. The number of benzene rings is 1. The first-order chi connectivity index (χ1) is 11.3. The predicted molar refractivity (Wildman–Crippen MR) is 90.1 cm³/mol. The summed E-state index contributed by atoms with van der Waals surface area (Å²) in [5, 5.41) is 2.76. The number of carbonyl (C=O) groups excluding carboxylic acids is 3. The Balaban J connectivity index is 2.66. The molecule has 0 saturated heterocycles. The van der Waals surface area contributed by atoms with Crippen molar-refractivity contribution in [3.8, 4) is 0 Å². The fourth-order valence-corrected chi connectivity index (χ4v) is 2.26. The third-order valence-corrected chi connectivity index (χ3v) is 4.31. The van der Waals surface area contributed by atoms with Crippen molar-refractivity contribution >= 4 is 41.0 Å². The molecule has 8 heteroatoms. The molecule has 24 heavy (non-hydrogen) atoms. The molecule has 0 spiro atoms. The largest absolute Gasteiger partial charge is 0.467 e. The Morgan fingerprint density at radius 3 is 2.50 bits per heavy atom. The molecule has 0 aliphatic rings. The number of halogens is 2. The molecule has 0 unspecified atom stereocenters. The van der Waals surface area contributed by atoms with Crippen LogP contribution in [0, 0.1) is 5.92 Å². The Kier molecular flexibility index (Phi) is 8.01. The van der Waals surface area contributed by atoms with Gasteiger partial charge in [0.15, 0.2) is 6.61 Å². The molecule has 1 aromatic rings. The van der Waals surface area contributed by atoms with E-state index < -0.39 is 30.5 Å². The number of esters is 2. The van der Waals surface area contributed by atoms with E-state index >= 15 is 0 Å². The van der Waals surface area contributed by atoms with E-state index in [1.165, 1.54) is 19.2 Å². The first kappa shape index (κ1) is 20.3. The van der Waals surface area contributed by atoms with Crippen LogP contribution in [0.5, 0.6) is 0 Å². The summed E-state index contributed by atoms with van der Waals surface area (Å²) in [6, 6.07) is 3.70.